The van der Waals surface area contributed by atoms with Crippen LogP contribution < -0.4 is 4.74 Å². The Morgan fingerprint density at radius 2 is 1.96 bits per heavy atom. The molecule has 0 aliphatic heterocycles. The third-order valence-corrected chi connectivity index (χ3v) is 3.25. The van der Waals surface area contributed by atoms with E-state index in [-0.39, 0.29) is 5.75 Å². The molecule has 0 saturated carbocycles. The Morgan fingerprint density at radius 1 is 1.17 bits per heavy atom. The summed E-state index contributed by atoms with van der Waals surface area (Å²) in [6.45, 7) is 0.554. The van der Waals surface area contributed by atoms with Gasteiger partial charge in [-0.05, 0) is 42.2 Å². The number of benzene rings is 2. The predicted octanol–water partition coefficient (Wildman–Crippen LogP) is 3.59. The maximum absolute atomic E-state index is 11.1. The molecule has 0 aromatic heterocycles. The molecule has 2 rings (SSSR count). The molecule has 120 valence electrons. The fourth-order valence-electron chi connectivity index (χ4n) is 2.13. The number of rotatable bonds is 7. The minimum Gasteiger partial charge on any atom is -0.508 e. The van der Waals surface area contributed by atoms with Crippen molar-refractivity contribution in [1.82, 2.24) is 0 Å². The molecule has 0 amide bonds. The van der Waals surface area contributed by atoms with Crippen LogP contribution in [0.25, 0.3) is 6.08 Å². The van der Waals surface area contributed by atoms with E-state index >= 15 is 0 Å². The van der Waals surface area contributed by atoms with Crippen molar-refractivity contribution in [2.24, 2.45) is 0 Å². The van der Waals surface area contributed by atoms with Crippen LogP contribution in [0.15, 0.2) is 54.6 Å². The quantitative estimate of drug-likeness (QED) is 0.482. The Balaban J connectivity index is 1.88. The lowest BCUT2D eigenvalue weighted by atomic mass is 10.1. The van der Waals surface area contributed by atoms with Gasteiger partial charge < -0.3 is 14.6 Å². The molecule has 4 heteroatoms. The lowest BCUT2D eigenvalue weighted by molar-refractivity contribution is -0.134. The van der Waals surface area contributed by atoms with Gasteiger partial charge >= 0.3 is 5.97 Å². The van der Waals surface area contributed by atoms with Gasteiger partial charge in [0.1, 0.15) is 11.5 Å². The highest BCUT2D eigenvalue weighted by atomic mass is 16.5. The summed E-state index contributed by atoms with van der Waals surface area (Å²) in [4.78, 5) is 11.1. The second kappa shape index (κ2) is 8.63. The third kappa shape index (κ3) is 5.87. The topological polar surface area (TPSA) is 55.8 Å². The second-order valence-electron chi connectivity index (χ2n) is 5.05. The van der Waals surface area contributed by atoms with Gasteiger partial charge in [-0.3, -0.25) is 0 Å². The standard InChI is InChI=1S/C19H20O4/c1-22-19(21)10-9-16-12-17(20)14-18(13-16)23-11-5-8-15-6-3-2-4-7-15/h2-4,6-7,9-10,12-14,20H,5,8,11H2,1H3/b10-9+. The van der Waals surface area contributed by atoms with Crippen LogP contribution in [0.3, 0.4) is 0 Å². The number of phenols is 1. The number of phenolic OH excluding ortho intramolecular Hbond substituents is 1. The normalized spacial score (nSPS) is 10.7. The van der Waals surface area contributed by atoms with E-state index in [1.165, 1.54) is 18.7 Å². The van der Waals surface area contributed by atoms with Crippen molar-refractivity contribution in [2.45, 2.75) is 12.8 Å². The first-order chi connectivity index (χ1) is 11.2. The maximum Gasteiger partial charge on any atom is 0.330 e. The van der Waals surface area contributed by atoms with Crippen LogP contribution in [-0.2, 0) is 16.0 Å². The van der Waals surface area contributed by atoms with E-state index in [0.717, 1.165) is 12.8 Å². The average Bonchev–Trinajstić information content (AvgIpc) is 2.57. The van der Waals surface area contributed by atoms with Crippen LogP contribution in [-0.4, -0.2) is 24.8 Å². The Hall–Kier alpha value is -2.75. The molecule has 0 bridgehead atoms. The number of carbonyl (C=O) groups excluding carboxylic acids is 1. The number of ether oxygens (including phenoxy) is 2. The van der Waals surface area contributed by atoms with Crippen molar-refractivity contribution >= 4 is 12.0 Å². The summed E-state index contributed by atoms with van der Waals surface area (Å²) >= 11 is 0. The Labute approximate surface area is 136 Å². The molecular weight excluding hydrogens is 292 g/mol. The summed E-state index contributed by atoms with van der Waals surface area (Å²) in [5.74, 6) is 0.219. The molecule has 2 aromatic carbocycles. The molecule has 0 aliphatic rings. The molecule has 0 heterocycles. The molecule has 0 saturated heterocycles. The molecule has 1 N–H and O–H groups in total. The van der Waals surface area contributed by atoms with Crippen molar-refractivity contribution in [3.8, 4) is 11.5 Å². The summed E-state index contributed by atoms with van der Waals surface area (Å²) in [6.07, 6.45) is 4.69. The van der Waals surface area contributed by atoms with E-state index < -0.39 is 5.97 Å². The maximum atomic E-state index is 11.1. The molecule has 0 fully saturated rings. The monoisotopic (exact) mass is 312 g/mol. The molecule has 23 heavy (non-hydrogen) atoms. The van der Waals surface area contributed by atoms with Crippen LogP contribution in [0.1, 0.15) is 17.5 Å². The number of esters is 1. The van der Waals surface area contributed by atoms with Crippen LogP contribution in [0.5, 0.6) is 11.5 Å². The van der Waals surface area contributed by atoms with Crippen molar-refractivity contribution in [1.29, 1.82) is 0 Å². The van der Waals surface area contributed by atoms with Gasteiger partial charge in [0.05, 0.1) is 13.7 Å². The molecule has 2 aromatic rings. The number of aryl methyl sites for hydroxylation is 1. The van der Waals surface area contributed by atoms with E-state index in [2.05, 4.69) is 16.9 Å². The first-order valence-corrected chi connectivity index (χ1v) is 7.44. The number of hydrogen-bond donors (Lipinski definition) is 1. The predicted molar refractivity (Wildman–Crippen MR) is 89.4 cm³/mol. The van der Waals surface area contributed by atoms with E-state index in [1.807, 2.05) is 18.2 Å². The van der Waals surface area contributed by atoms with Gasteiger partial charge in [0, 0.05) is 12.1 Å². The van der Waals surface area contributed by atoms with E-state index in [4.69, 9.17) is 4.74 Å². The molecule has 4 nitrogen and oxygen atoms in total. The molecule has 0 aliphatic carbocycles. The minimum atomic E-state index is -0.446. The third-order valence-electron chi connectivity index (χ3n) is 3.25. The summed E-state index contributed by atoms with van der Waals surface area (Å²) in [6, 6.07) is 15.1. The lowest BCUT2D eigenvalue weighted by Gasteiger charge is -2.08. The highest BCUT2D eigenvalue weighted by Gasteiger charge is 2.01. The van der Waals surface area contributed by atoms with Gasteiger partial charge in [0.15, 0.2) is 0 Å². The zero-order chi connectivity index (χ0) is 16.5. The van der Waals surface area contributed by atoms with Gasteiger partial charge in [-0.25, -0.2) is 4.79 Å². The summed E-state index contributed by atoms with van der Waals surface area (Å²) in [5, 5.41) is 9.72. The summed E-state index contributed by atoms with van der Waals surface area (Å²) < 4.78 is 10.2. The molecular formula is C19H20O4. The Bertz CT molecular complexity index is 662. The Morgan fingerprint density at radius 3 is 2.70 bits per heavy atom. The van der Waals surface area contributed by atoms with E-state index in [0.29, 0.717) is 17.9 Å². The average molecular weight is 312 g/mol. The fourth-order valence-corrected chi connectivity index (χ4v) is 2.13. The van der Waals surface area contributed by atoms with Gasteiger partial charge in [0.25, 0.3) is 0 Å². The van der Waals surface area contributed by atoms with Crippen LogP contribution >= 0.6 is 0 Å². The van der Waals surface area contributed by atoms with Gasteiger partial charge in [-0.1, -0.05) is 30.3 Å². The Kier molecular flexibility index (Phi) is 6.24. The van der Waals surface area contributed by atoms with Gasteiger partial charge in [0.2, 0.25) is 0 Å². The fraction of sp³-hybridized carbons (Fsp3) is 0.211. The van der Waals surface area contributed by atoms with Crippen LogP contribution in [0.2, 0.25) is 0 Å². The van der Waals surface area contributed by atoms with Gasteiger partial charge in [-0.15, -0.1) is 0 Å². The van der Waals surface area contributed by atoms with Crippen molar-refractivity contribution in [2.75, 3.05) is 13.7 Å². The first kappa shape index (κ1) is 16.6. The zero-order valence-corrected chi connectivity index (χ0v) is 13.1. The minimum absolute atomic E-state index is 0.0927. The molecule has 0 radical (unpaired) electrons. The second-order valence-corrected chi connectivity index (χ2v) is 5.05. The molecule has 0 spiro atoms. The number of methoxy groups -OCH3 is 1. The summed E-state index contributed by atoms with van der Waals surface area (Å²) in [5.41, 5.74) is 1.95. The number of hydrogen-bond acceptors (Lipinski definition) is 4. The smallest absolute Gasteiger partial charge is 0.330 e. The molecule has 0 atom stereocenters. The summed E-state index contributed by atoms with van der Waals surface area (Å²) in [7, 11) is 1.32. The van der Waals surface area contributed by atoms with E-state index in [1.54, 1.807) is 24.3 Å². The van der Waals surface area contributed by atoms with Crippen molar-refractivity contribution in [3.63, 3.8) is 0 Å². The van der Waals surface area contributed by atoms with Crippen LogP contribution in [0.4, 0.5) is 0 Å². The van der Waals surface area contributed by atoms with Crippen molar-refractivity contribution < 1.29 is 19.4 Å². The highest BCUT2D eigenvalue weighted by Crippen LogP contribution is 2.23. The highest BCUT2D eigenvalue weighted by molar-refractivity contribution is 5.87. The van der Waals surface area contributed by atoms with E-state index in [9.17, 15) is 9.90 Å². The number of aromatic hydroxyl groups is 1. The number of carbonyl (C=O) groups is 1. The largest absolute Gasteiger partial charge is 0.508 e. The SMILES string of the molecule is COC(=O)/C=C/c1cc(O)cc(OCCCc2ccccc2)c1. The van der Waals surface area contributed by atoms with Crippen LogP contribution in [0, 0.1) is 0 Å². The molecule has 0 unspecified atom stereocenters. The lowest BCUT2D eigenvalue weighted by Crippen LogP contribution is -1.99. The van der Waals surface area contributed by atoms with Crippen molar-refractivity contribution in [3.05, 3.63) is 65.7 Å². The van der Waals surface area contributed by atoms with Gasteiger partial charge in [-0.2, -0.15) is 0 Å². The first-order valence-electron chi connectivity index (χ1n) is 7.44. The zero-order valence-electron chi connectivity index (χ0n) is 13.1.